The van der Waals surface area contributed by atoms with Gasteiger partial charge < -0.3 is 10.0 Å². The number of allylic oxidation sites excluding steroid dienone is 2. The van der Waals surface area contributed by atoms with Crippen LogP contribution in [0.25, 0.3) is 0 Å². The summed E-state index contributed by atoms with van der Waals surface area (Å²) < 4.78 is 0. The lowest BCUT2D eigenvalue weighted by molar-refractivity contribution is -0.147. The maximum Gasteiger partial charge on any atom is 0.307 e. The van der Waals surface area contributed by atoms with E-state index >= 15 is 0 Å². The molecule has 1 aliphatic carbocycles. The normalized spacial score (nSPS) is 24.4. The van der Waals surface area contributed by atoms with Crippen LogP contribution in [0.2, 0.25) is 0 Å². The number of carbonyl (C=O) groups excluding carboxylic acids is 1. The van der Waals surface area contributed by atoms with Gasteiger partial charge >= 0.3 is 5.97 Å². The Kier molecular flexibility index (Phi) is 3.77. The van der Waals surface area contributed by atoms with Crippen molar-refractivity contribution in [2.24, 2.45) is 11.8 Å². The SMILES string of the molecule is CC1=C(C)CC(C(=O)N2CCc3ccccc32)C(C(=O)O)C1. The Bertz CT molecular complexity index is 662. The number of anilines is 1. The highest BCUT2D eigenvalue weighted by Gasteiger charge is 2.40. The van der Waals surface area contributed by atoms with Gasteiger partial charge in [0.2, 0.25) is 5.91 Å². The first kappa shape index (κ1) is 14.8. The van der Waals surface area contributed by atoms with Gasteiger partial charge in [-0.2, -0.15) is 0 Å². The highest BCUT2D eigenvalue weighted by atomic mass is 16.4. The fourth-order valence-corrected chi connectivity index (χ4v) is 3.58. The van der Waals surface area contributed by atoms with Crippen molar-refractivity contribution >= 4 is 17.6 Å². The summed E-state index contributed by atoms with van der Waals surface area (Å²) in [5, 5.41) is 9.51. The fourth-order valence-electron chi connectivity index (χ4n) is 3.58. The molecule has 1 aromatic rings. The van der Waals surface area contributed by atoms with Crippen LogP contribution in [0.5, 0.6) is 0 Å². The Morgan fingerprint density at radius 1 is 1.09 bits per heavy atom. The first-order valence-corrected chi connectivity index (χ1v) is 7.76. The molecule has 0 fully saturated rings. The molecule has 1 amide bonds. The smallest absolute Gasteiger partial charge is 0.307 e. The molecule has 4 heteroatoms. The molecule has 22 heavy (non-hydrogen) atoms. The van der Waals surface area contributed by atoms with Gasteiger partial charge in [0, 0.05) is 12.2 Å². The molecule has 4 nitrogen and oxygen atoms in total. The van der Waals surface area contributed by atoms with Gasteiger partial charge in [-0.05, 0) is 44.7 Å². The maximum atomic E-state index is 13.0. The standard InChI is InChI=1S/C18H21NO3/c1-11-9-14(15(18(21)22)10-12(11)2)17(20)19-8-7-13-5-3-4-6-16(13)19/h3-6,14-15H,7-10H2,1-2H3,(H,21,22). The van der Waals surface area contributed by atoms with E-state index in [4.69, 9.17) is 0 Å². The lowest BCUT2D eigenvalue weighted by Crippen LogP contribution is -2.42. The number of aliphatic carboxylic acids is 1. The summed E-state index contributed by atoms with van der Waals surface area (Å²) in [5.74, 6) is -1.96. The summed E-state index contributed by atoms with van der Waals surface area (Å²) in [7, 11) is 0. The Labute approximate surface area is 130 Å². The predicted octanol–water partition coefficient (Wildman–Crippen LogP) is 3.02. The molecule has 1 aromatic carbocycles. The highest BCUT2D eigenvalue weighted by Crippen LogP contribution is 2.38. The van der Waals surface area contributed by atoms with Crippen LogP contribution in [0.4, 0.5) is 5.69 Å². The number of fused-ring (bicyclic) bond motifs is 1. The van der Waals surface area contributed by atoms with E-state index in [-0.39, 0.29) is 5.91 Å². The van der Waals surface area contributed by atoms with E-state index in [0.29, 0.717) is 19.4 Å². The van der Waals surface area contributed by atoms with Crippen LogP contribution in [-0.2, 0) is 16.0 Å². The number of amides is 1. The molecule has 0 saturated heterocycles. The van der Waals surface area contributed by atoms with Crippen molar-refractivity contribution in [2.45, 2.75) is 33.1 Å². The summed E-state index contributed by atoms with van der Waals surface area (Å²) in [6.45, 7) is 4.63. The summed E-state index contributed by atoms with van der Waals surface area (Å²) in [5.41, 5.74) is 4.38. The zero-order valence-electron chi connectivity index (χ0n) is 13.0. The van der Waals surface area contributed by atoms with Crippen LogP contribution in [0.1, 0.15) is 32.3 Å². The number of hydrogen-bond acceptors (Lipinski definition) is 2. The molecule has 3 rings (SSSR count). The third-order valence-corrected chi connectivity index (χ3v) is 5.05. The lowest BCUT2D eigenvalue weighted by atomic mass is 9.76. The number of benzene rings is 1. The van der Waals surface area contributed by atoms with E-state index in [1.165, 1.54) is 5.56 Å². The number of rotatable bonds is 2. The Morgan fingerprint density at radius 3 is 2.41 bits per heavy atom. The maximum absolute atomic E-state index is 13.0. The zero-order chi connectivity index (χ0) is 15.9. The third-order valence-electron chi connectivity index (χ3n) is 5.05. The largest absolute Gasteiger partial charge is 0.481 e. The quantitative estimate of drug-likeness (QED) is 0.854. The van der Waals surface area contributed by atoms with Crippen molar-refractivity contribution in [3.8, 4) is 0 Å². The molecule has 0 saturated carbocycles. The average molecular weight is 299 g/mol. The molecule has 1 aliphatic heterocycles. The van der Waals surface area contributed by atoms with Crippen LogP contribution >= 0.6 is 0 Å². The monoisotopic (exact) mass is 299 g/mol. The van der Waals surface area contributed by atoms with E-state index in [1.807, 2.05) is 38.1 Å². The molecule has 2 aliphatic rings. The molecule has 1 heterocycles. The summed E-state index contributed by atoms with van der Waals surface area (Å²) in [4.78, 5) is 26.3. The van der Waals surface area contributed by atoms with Gasteiger partial charge in [-0.15, -0.1) is 0 Å². The van der Waals surface area contributed by atoms with Gasteiger partial charge in [-0.1, -0.05) is 29.3 Å². The molecular weight excluding hydrogens is 278 g/mol. The van der Waals surface area contributed by atoms with Crippen molar-refractivity contribution in [3.05, 3.63) is 41.0 Å². The highest BCUT2D eigenvalue weighted by molar-refractivity contribution is 5.99. The first-order chi connectivity index (χ1) is 10.5. The molecule has 1 N–H and O–H groups in total. The summed E-state index contributed by atoms with van der Waals surface area (Å²) in [6.07, 6.45) is 1.88. The Balaban J connectivity index is 1.90. The van der Waals surface area contributed by atoms with E-state index in [2.05, 4.69) is 0 Å². The minimum atomic E-state index is -0.863. The number of carboxylic acid groups (broad SMARTS) is 1. The fraction of sp³-hybridized carbons (Fsp3) is 0.444. The third kappa shape index (κ3) is 2.43. The van der Waals surface area contributed by atoms with Crippen molar-refractivity contribution < 1.29 is 14.7 Å². The predicted molar refractivity (Wildman–Crippen MR) is 84.7 cm³/mol. The first-order valence-electron chi connectivity index (χ1n) is 7.76. The van der Waals surface area contributed by atoms with E-state index < -0.39 is 17.8 Å². The van der Waals surface area contributed by atoms with Crippen LogP contribution in [0.3, 0.4) is 0 Å². The van der Waals surface area contributed by atoms with Gasteiger partial charge in [0.15, 0.2) is 0 Å². The number of carboxylic acids is 1. The molecular formula is C18H21NO3. The summed E-state index contributed by atoms with van der Waals surface area (Å²) >= 11 is 0. The van der Waals surface area contributed by atoms with Crippen LogP contribution in [0, 0.1) is 11.8 Å². The van der Waals surface area contributed by atoms with E-state index in [9.17, 15) is 14.7 Å². The Hall–Kier alpha value is -2.10. The average Bonchev–Trinajstić information content (AvgIpc) is 2.92. The van der Waals surface area contributed by atoms with Gasteiger partial charge in [0.1, 0.15) is 0 Å². The van der Waals surface area contributed by atoms with Crippen LogP contribution in [0.15, 0.2) is 35.4 Å². The second-order valence-electron chi connectivity index (χ2n) is 6.39. The van der Waals surface area contributed by atoms with Crippen molar-refractivity contribution in [1.82, 2.24) is 0 Å². The van der Waals surface area contributed by atoms with E-state index in [1.54, 1.807) is 4.90 Å². The van der Waals surface area contributed by atoms with Gasteiger partial charge in [0.05, 0.1) is 11.8 Å². The van der Waals surface area contributed by atoms with Gasteiger partial charge in [-0.25, -0.2) is 0 Å². The number of carbonyl (C=O) groups is 2. The molecule has 116 valence electrons. The second kappa shape index (κ2) is 5.59. The molecule has 0 radical (unpaired) electrons. The number of hydrogen-bond donors (Lipinski definition) is 1. The minimum Gasteiger partial charge on any atom is -0.481 e. The number of para-hydroxylation sites is 1. The Morgan fingerprint density at radius 2 is 1.73 bits per heavy atom. The minimum absolute atomic E-state index is 0.0378. The number of nitrogens with zero attached hydrogens (tertiary/aromatic N) is 1. The van der Waals surface area contributed by atoms with Crippen molar-refractivity contribution in [3.63, 3.8) is 0 Å². The molecule has 2 unspecified atom stereocenters. The van der Waals surface area contributed by atoms with Gasteiger partial charge in [0.25, 0.3) is 0 Å². The lowest BCUT2D eigenvalue weighted by Gasteiger charge is -2.32. The van der Waals surface area contributed by atoms with Crippen LogP contribution in [-0.4, -0.2) is 23.5 Å². The summed E-state index contributed by atoms with van der Waals surface area (Å²) in [6, 6.07) is 7.89. The molecule has 0 spiro atoms. The topological polar surface area (TPSA) is 57.6 Å². The molecule has 0 bridgehead atoms. The molecule has 2 atom stereocenters. The zero-order valence-corrected chi connectivity index (χ0v) is 13.0. The van der Waals surface area contributed by atoms with Crippen LogP contribution < -0.4 is 4.90 Å². The van der Waals surface area contributed by atoms with E-state index in [0.717, 1.165) is 23.3 Å². The van der Waals surface area contributed by atoms with Crippen molar-refractivity contribution in [2.75, 3.05) is 11.4 Å². The van der Waals surface area contributed by atoms with Crippen molar-refractivity contribution in [1.29, 1.82) is 0 Å². The second-order valence-corrected chi connectivity index (χ2v) is 6.39. The van der Waals surface area contributed by atoms with Gasteiger partial charge in [-0.3, -0.25) is 9.59 Å². The molecule has 0 aromatic heterocycles.